The van der Waals surface area contributed by atoms with Gasteiger partial charge in [0.05, 0.1) is 17.4 Å². The van der Waals surface area contributed by atoms with E-state index in [2.05, 4.69) is 12.1 Å². The first-order valence-corrected chi connectivity index (χ1v) is 12.1. The standard InChI is InChI=1S/C29H29N3O3/c1-21-9-2-3-11-23(21)20-32-26-14-7-6-13-25(26)28(34)31(29(32)35)17-8-15-27(33)30-18-16-22-10-4-5-12-24(22)19-30/h2-7,9-14H,8,15-20H2,1H3. The highest BCUT2D eigenvalue weighted by atomic mass is 16.2. The van der Waals surface area contributed by atoms with Crippen LogP contribution in [0.4, 0.5) is 0 Å². The number of hydrogen-bond acceptors (Lipinski definition) is 3. The molecule has 1 aromatic heterocycles. The van der Waals surface area contributed by atoms with Crippen molar-refractivity contribution >= 4 is 16.8 Å². The fourth-order valence-electron chi connectivity index (χ4n) is 4.93. The molecule has 6 nitrogen and oxygen atoms in total. The second-order valence-corrected chi connectivity index (χ2v) is 9.21. The average Bonchev–Trinajstić information content (AvgIpc) is 2.89. The quantitative estimate of drug-likeness (QED) is 0.432. The predicted molar refractivity (Wildman–Crippen MR) is 138 cm³/mol. The van der Waals surface area contributed by atoms with Gasteiger partial charge in [0.25, 0.3) is 5.56 Å². The molecule has 0 fully saturated rings. The van der Waals surface area contributed by atoms with Crippen LogP contribution in [0.25, 0.3) is 10.9 Å². The fourth-order valence-corrected chi connectivity index (χ4v) is 4.93. The molecular weight excluding hydrogens is 438 g/mol. The van der Waals surface area contributed by atoms with Crippen LogP contribution >= 0.6 is 0 Å². The summed E-state index contributed by atoms with van der Waals surface area (Å²) in [6.45, 7) is 3.94. The third-order valence-electron chi connectivity index (χ3n) is 6.98. The summed E-state index contributed by atoms with van der Waals surface area (Å²) in [7, 11) is 0. The van der Waals surface area contributed by atoms with Crippen LogP contribution in [0.2, 0.25) is 0 Å². The van der Waals surface area contributed by atoms with Crippen molar-refractivity contribution in [3.05, 3.63) is 116 Å². The normalized spacial score (nSPS) is 13.1. The van der Waals surface area contributed by atoms with Crippen molar-refractivity contribution in [2.75, 3.05) is 6.54 Å². The van der Waals surface area contributed by atoms with Crippen molar-refractivity contribution in [2.45, 2.75) is 45.8 Å². The lowest BCUT2D eigenvalue weighted by molar-refractivity contribution is -0.132. The van der Waals surface area contributed by atoms with Gasteiger partial charge in [-0.15, -0.1) is 0 Å². The van der Waals surface area contributed by atoms with Crippen molar-refractivity contribution in [1.29, 1.82) is 0 Å². The van der Waals surface area contributed by atoms with E-state index in [9.17, 15) is 14.4 Å². The first-order valence-electron chi connectivity index (χ1n) is 12.1. The molecule has 0 bridgehead atoms. The van der Waals surface area contributed by atoms with Crippen LogP contribution in [0.15, 0.2) is 82.4 Å². The number of hydrogen-bond donors (Lipinski definition) is 0. The number of para-hydroxylation sites is 1. The second-order valence-electron chi connectivity index (χ2n) is 9.21. The number of carbonyl (C=O) groups is 1. The van der Waals surface area contributed by atoms with E-state index in [1.54, 1.807) is 10.6 Å². The molecule has 2 heterocycles. The minimum Gasteiger partial charge on any atom is -0.338 e. The maximum absolute atomic E-state index is 13.5. The molecule has 35 heavy (non-hydrogen) atoms. The Hall–Kier alpha value is -3.93. The molecule has 4 aromatic rings. The van der Waals surface area contributed by atoms with E-state index in [0.717, 1.165) is 17.5 Å². The lowest BCUT2D eigenvalue weighted by Gasteiger charge is -2.29. The van der Waals surface area contributed by atoms with Gasteiger partial charge in [-0.3, -0.25) is 18.7 Å². The zero-order chi connectivity index (χ0) is 24.4. The average molecular weight is 468 g/mol. The molecule has 1 aliphatic heterocycles. The Morgan fingerprint density at radius 1 is 0.857 bits per heavy atom. The molecule has 0 N–H and O–H groups in total. The first kappa shape index (κ1) is 22.8. The van der Waals surface area contributed by atoms with E-state index in [1.807, 2.05) is 66.4 Å². The Balaban J connectivity index is 1.37. The van der Waals surface area contributed by atoms with E-state index in [4.69, 9.17) is 0 Å². The molecule has 1 amide bonds. The monoisotopic (exact) mass is 467 g/mol. The molecule has 1 aliphatic rings. The second kappa shape index (κ2) is 9.74. The lowest BCUT2D eigenvalue weighted by Crippen LogP contribution is -2.41. The Kier molecular flexibility index (Phi) is 6.36. The van der Waals surface area contributed by atoms with Gasteiger partial charge in [0, 0.05) is 26.1 Å². The molecule has 0 atom stereocenters. The molecule has 6 heteroatoms. The molecule has 178 valence electrons. The largest absolute Gasteiger partial charge is 0.338 e. The lowest BCUT2D eigenvalue weighted by atomic mass is 9.99. The number of aryl methyl sites for hydroxylation is 1. The molecule has 3 aromatic carbocycles. The number of fused-ring (bicyclic) bond motifs is 2. The maximum atomic E-state index is 13.5. The number of aromatic nitrogens is 2. The summed E-state index contributed by atoms with van der Waals surface area (Å²) in [5.74, 6) is 0.0635. The summed E-state index contributed by atoms with van der Waals surface area (Å²) in [5.41, 5.74) is 4.61. The van der Waals surface area contributed by atoms with Gasteiger partial charge >= 0.3 is 5.69 Å². The molecule has 5 rings (SSSR count). The minimum atomic E-state index is -0.337. The number of carbonyl (C=O) groups excluding carboxylic acids is 1. The summed E-state index contributed by atoms with van der Waals surface area (Å²) in [6.07, 6.45) is 1.60. The van der Waals surface area contributed by atoms with Crippen molar-refractivity contribution < 1.29 is 4.79 Å². The van der Waals surface area contributed by atoms with Gasteiger partial charge in [-0.2, -0.15) is 0 Å². The van der Waals surface area contributed by atoms with E-state index in [0.29, 0.717) is 43.4 Å². The number of amides is 1. The van der Waals surface area contributed by atoms with E-state index in [1.165, 1.54) is 15.7 Å². The summed E-state index contributed by atoms with van der Waals surface area (Å²) < 4.78 is 2.96. The third-order valence-corrected chi connectivity index (χ3v) is 6.98. The van der Waals surface area contributed by atoms with Crippen molar-refractivity contribution in [3.8, 4) is 0 Å². The molecule has 0 saturated carbocycles. The highest BCUT2D eigenvalue weighted by Crippen LogP contribution is 2.19. The molecule has 0 aliphatic carbocycles. The van der Waals surface area contributed by atoms with Gasteiger partial charge in [0.15, 0.2) is 0 Å². The van der Waals surface area contributed by atoms with Gasteiger partial charge in [0.2, 0.25) is 5.91 Å². The zero-order valence-corrected chi connectivity index (χ0v) is 19.9. The van der Waals surface area contributed by atoms with Gasteiger partial charge < -0.3 is 4.90 Å². The molecule has 0 unspecified atom stereocenters. The van der Waals surface area contributed by atoms with Crippen LogP contribution < -0.4 is 11.2 Å². The Morgan fingerprint density at radius 3 is 2.40 bits per heavy atom. The summed E-state index contributed by atoms with van der Waals surface area (Å²) in [5, 5.41) is 0.514. The van der Waals surface area contributed by atoms with Crippen LogP contribution in [0.5, 0.6) is 0 Å². The first-order chi connectivity index (χ1) is 17.0. The smallest absolute Gasteiger partial charge is 0.331 e. The van der Waals surface area contributed by atoms with Crippen LogP contribution in [0.1, 0.15) is 35.1 Å². The highest BCUT2D eigenvalue weighted by Gasteiger charge is 2.20. The van der Waals surface area contributed by atoms with E-state index >= 15 is 0 Å². The summed E-state index contributed by atoms with van der Waals surface area (Å²) in [6, 6.07) is 23.4. The summed E-state index contributed by atoms with van der Waals surface area (Å²) in [4.78, 5) is 41.4. The van der Waals surface area contributed by atoms with Gasteiger partial charge in [0.1, 0.15) is 0 Å². The van der Waals surface area contributed by atoms with Gasteiger partial charge in [-0.05, 0) is 54.2 Å². The maximum Gasteiger partial charge on any atom is 0.331 e. The fraction of sp³-hybridized carbons (Fsp3) is 0.276. The number of rotatable bonds is 6. The number of benzene rings is 3. The van der Waals surface area contributed by atoms with Gasteiger partial charge in [-0.1, -0.05) is 60.7 Å². The van der Waals surface area contributed by atoms with Crippen molar-refractivity contribution in [1.82, 2.24) is 14.0 Å². The Labute approximate surface area is 204 Å². The van der Waals surface area contributed by atoms with Crippen molar-refractivity contribution in [2.24, 2.45) is 0 Å². The Bertz CT molecular complexity index is 1520. The zero-order valence-electron chi connectivity index (χ0n) is 19.9. The van der Waals surface area contributed by atoms with Gasteiger partial charge in [-0.25, -0.2) is 4.79 Å². The summed E-state index contributed by atoms with van der Waals surface area (Å²) >= 11 is 0. The van der Waals surface area contributed by atoms with E-state index < -0.39 is 0 Å². The highest BCUT2D eigenvalue weighted by molar-refractivity contribution is 5.78. The van der Waals surface area contributed by atoms with Crippen molar-refractivity contribution in [3.63, 3.8) is 0 Å². The Morgan fingerprint density at radius 2 is 1.57 bits per heavy atom. The predicted octanol–water partition coefficient (Wildman–Crippen LogP) is 3.89. The van der Waals surface area contributed by atoms with Crippen LogP contribution in [0.3, 0.4) is 0 Å². The topological polar surface area (TPSA) is 64.3 Å². The van der Waals surface area contributed by atoms with Crippen LogP contribution in [-0.4, -0.2) is 26.5 Å². The molecular formula is C29H29N3O3. The molecule has 0 radical (unpaired) electrons. The number of nitrogens with zero attached hydrogens (tertiary/aromatic N) is 3. The minimum absolute atomic E-state index is 0.0635. The molecule has 0 saturated heterocycles. The SMILES string of the molecule is Cc1ccccc1Cn1c(=O)n(CCCC(=O)N2CCc3ccccc3C2)c(=O)c2ccccc21. The van der Waals surface area contributed by atoms with Crippen LogP contribution in [0, 0.1) is 6.92 Å². The third kappa shape index (κ3) is 4.56. The van der Waals surface area contributed by atoms with Crippen LogP contribution in [-0.2, 0) is 30.8 Å². The van der Waals surface area contributed by atoms with E-state index in [-0.39, 0.29) is 23.7 Å². The molecule has 0 spiro atoms.